The van der Waals surface area contributed by atoms with Crippen molar-refractivity contribution in [3.8, 4) is 22.8 Å². The van der Waals surface area contributed by atoms with E-state index in [-0.39, 0.29) is 17.7 Å². The fourth-order valence-corrected chi connectivity index (χ4v) is 3.95. The molecule has 4 aromatic rings. The van der Waals surface area contributed by atoms with Gasteiger partial charge >= 0.3 is 0 Å². The van der Waals surface area contributed by atoms with Gasteiger partial charge in [-0.2, -0.15) is 5.10 Å². The van der Waals surface area contributed by atoms with Crippen molar-refractivity contribution in [3.63, 3.8) is 0 Å². The van der Waals surface area contributed by atoms with Gasteiger partial charge in [0.1, 0.15) is 11.3 Å². The number of hydrogen-bond donors (Lipinski definition) is 3. The number of pyridine rings is 1. The molecule has 0 unspecified atom stereocenters. The summed E-state index contributed by atoms with van der Waals surface area (Å²) in [4.78, 5) is 29.4. The Hall–Kier alpha value is -4.40. The predicted octanol–water partition coefficient (Wildman–Crippen LogP) is 3.71. The highest BCUT2D eigenvalue weighted by molar-refractivity contribution is 6.05. The highest BCUT2D eigenvalue weighted by atomic mass is 16.5. The minimum atomic E-state index is -0.296. The van der Waals surface area contributed by atoms with Gasteiger partial charge < -0.3 is 20.1 Å². The second kappa shape index (κ2) is 10.1. The number of carbonyl (C=O) groups excluding carboxylic acids is 2. The van der Waals surface area contributed by atoms with Crippen LogP contribution in [0.3, 0.4) is 0 Å². The molecule has 184 valence electrons. The Morgan fingerprint density at radius 1 is 1.08 bits per heavy atom. The van der Waals surface area contributed by atoms with Crippen molar-refractivity contribution in [2.75, 3.05) is 20.8 Å². The minimum Gasteiger partial charge on any atom is -0.493 e. The number of methoxy groups -OCH3 is 1. The molecular formula is C27H27N5O4. The fourth-order valence-electron chi connectivity index (χ4n) is 3.95. The number of nitrogens with zero attached hydrogens (tertiary/aromatic N) is 2. The smallest absolute Gasteiger partial charge is 0.272 e. The Kier molecular flexibility index (Phi) is 6.53. The van der Waals surface area contributed by atoms with Gasteiger partial charge in [0.2, 0.25) is 5.88 Å². The zero-order valence-corrected chi connectivity index (χ0v) is 20.1. The quantitative estimate of drug-likeness (QED) is 0.333. The third kappa shape index (κ3) is 5.00. The SMILES string of the molecule is CNC(=O)c1n[nH]c2cc(-c3cnc(OC)c(C(=O)NCc4cccc(OCC5CC5)c4)c3)ccc12. The van der Waals surface area contributed by atoms with Gasteiger partial charge in [-0.25, -0.2) is 4.98 Å². The van der Waals surface area contributed by atoms with E-state index in [1.807, 2.05) is 42.5 Å². The van der Waals surface area contributed by atoms with Gasteiger partial charge in [0, 0.05) is 30.7 Å². The first-order valence-corrected chi connectivity index (χ1v) is 11.8. The molecule has 1 fully saturated rings. The molecule has 0 saturated heterocycles. The summed E-state index contributed by atoms with van der Waals surface area (Å²) < 4.78 is 11.2. The molecule has 5 rings (SSSR count). The first-order chi connectivity index (χ1) is 17.6. The fraction of sp³-hybridized carbons (Fsp3) is 0.259. The van der Waals surface area contributed by atoms with Crippen LogP contribution in [0.15, 0.2) is 54.7 Å². The van der Waals surface area contributed by atoms with Crippen LogP contribution in [0.1, 0.15) is 39.3 Å². The van der Waals surface area contributed by atoms with Crippen LogP contribution in [0.25, 0.3) is 22.0 Å². The lowest BCUT2D eigenvalue weighted by atomic mass is 10.0. The maximum Gasteiger partial charge on any atom is 0.272 e. The number of benzene rings is 2. The van der Waals surface area contributed by atoms with Crippen molar-refractivity contribution in [3.05, 3.63) is 71.5 Å². The van der Waals surface area contributed by atoms with Gasteiger partial charge in [0.05, 0.1) is 19.2 Å². The molecule has 2 aromatic carbocycles. The van der Waals surface area contributed by atoms with E-state index in [0.29, 0.717) is 34.6 Å². The first-order valence-electron chi connectivity index (χ1n) is 11.8. The Labute approximate surface area is 208 Å². The minimum absolute atomic E-state index is 0.238. The number of aromatic nitrogens is 3. The van der Waals surface area contributed by atoms with Crippen molar-refractivity contribution in [2.24, 2.45) is 5.92 Å². The number of rotatable bonds is 9. The van der Waals surface area contributed by atoms with E-state index in [2.05, 4.69) is 25.8 Å². The normalized spacial score (nSPS) is 12.8. The van der Waals surface area contributed by atoms with Gasteiger partial charge in [-0.3, -0.25) is 14.7 Å². The summed E-state index contributed by atoms with van der Waals surface area (Å²) in [7, 11) is 3.04. The second-order valence-corrected chi connectivity index (χ2v) is 8.78. The summed E-state index contributed by atoms with van der Waals surface area (Å²) in [5, 5.41) is 13.2. The molecule has 1 saturated carbocycles. The monoisotopic (exact) mass is 485 g/mol. The van der Waals surface area contributed by atoms with Gasteiger partial charge in [0.25, 0.3) is 11.8 Å². The van der Waals surface area contributed by atoms with Crippen LogP contribution in [-0.4, -0.2) is 47.8 Å². The molecule has 2 amide bonds. The van der Waals surface area contributed by atoms with E-state index in [1.165, 1.54) is 20.0 Å². The van der Waals surface area contributed by atoms with E-state index in [1.54, 1.807) is 19.3 Å². The third-order valence-corrected chi connectivity index (χ3v) is 6.16. The molecule has 1 aliphatic rings. The van der Waals surface area contributed by atoms with Gasteiger partial charge in [-0.1, -0.05) is 18.2 Å². The maximum absolute atomic E-state index is 13.1. The van der Waals surface area contributed by atoms with E-state index in [0.717, 1.165) is 29.0 Å². The van der Waals surface area contributed by atoms with Crippen LogP contribution in [0.5, 0.6) is 11.6 Å². The van der Waals surface area contributed by atoms with Crippen molar-refractivity contribution >= 4 is 22.7 Å². The summed E-state index contributed by atoms with van der Waals surface area (Å²) in [5.41, 5.74) is 3.85. The predicted molar refractivity (Wildman–Crippen MR) is 135 cm³/mol. The van der Waals surface area contributed by atoms with Crippen LogP contribution in [0, 0.1) is 5.92 Å². The molecule has 36 heavy (non-hydrogen) atoms. The van der Waals surface area contributed by atoms with Crippen LogP contribution in [0.4, 0.5) is 0 Å². The van der Waals surface area contributed by atoms with Gasteiger partial charge in [-0.15, -0.1) is 0 Å². The average molecular weight is 486 g/mol. The second-order valence-electron chi connectivity index (χ2n) is 8.78. The largest absolute Gasteiger partial charge is 0.493 e. The van der Waals surface area contributed by atoms with Crippen molar-refractivity contribution in [1.29, 1.82) is 0 Å². The topological polar surface area (TPSA) is 118 Å². The number of aromatic amines is 1. The number of ether oxygens (including phenoxy) is 2. The lowest BCUT2D eigenvalue weighted by molar-refractivity contribution is 0.0943. The zero-order valence-electron chi connectivity index (χ0n) is 20.1. The van der Waals surface area contributed by atoms with Crippen molar-refractivity contribution in [2.45, 2.75) is 19.4 Å². The molecule has 0 bridgehead atoms. The molecule has 1 aliphatic carbocycles. The van der Waals surface area contributed by atoms with E-state index in [9.17, 15) is 9.59 Å². The zero-order chi connectivity index (χ0) is 25.1. The number of hydrogen-bond acceptors (Lipinski definition) is 6. The molecule has 3 N–H and O–H groups in total. The Morgan fingerprint density at radius 2 is 1.94 bits per heavy atom. The lowest BCUT2D eigenvalue weighted by Crippen LogP contribution is -2.23. The number of nitrogens with one attached hydrogen (secondary N) is 3. The lowest BCUT2D eigenvalue weighted by Gasteiger charge is -2.12. The van der Waals surface area contributed by atoms with E-state index >= 15 is 0 Å². The summed E-state index contributed by atoms with van der Waals surface area (Å²) in [6.45, 7) is 1.08. The standard InChI is InChI=1S/C27H27N5O4/c1-28-26(34)24-21-9-8-18(12-23(21)31-32-24)19-11-22(27(35-2)30-14-19)25(33)29-13-17-4-3-5-20(10-17)36-15-16-6-7-16/h3-5,8-12,14,16H,6-7,13,15H2,1-2H3,(H,28,34)(H,29,33)(H,31,32). The molecule has 9 heteroatoms. The van der Waals surface area contributed by atoms with Crippen molar-refractivity contribution < 1.29 is 19.1 Å². The average Bonchev–Trinajstić information content (AvgIpc) is 3.66. The third-order valence-electron chi connectivity index (χ3n) is 6.16. The number of amides is 2. The summed E-state index contributed by atoms with van der Waals surface area (Å²) in [6, 6.07) is 15.0. The number of fused-ring (bicyclic) bond motifs is 1. The summed E-state index contributed by atoms with van der Waals surface area (Å²) in [6.07, 6.45) is 4.11. The molecule has 0 atom stereocenters. The van der Waals surface area contributed by atoms with Crippen LogP contribution < -0.4 is 20.1 Å². The number of H-pyrrole nitrogens is 1. The van der Waals surface area contributed by atoms with Crippen molar-refractivity contribution in [1.82, 2.24) is 25.8 Å². The molecule has 0 radical (unpaired) electrons. The van der Waals surface area contributed by atoms with E-state index in [4.69, 9.17) is 9.47 Å². The molecule has 0 aliphatic heterocycles. The Bertz CT molecular complexity index is 1430. The Morgan fingerprint density at radius 3 is 2.72 bits per heavy atom. The van der Waals surface area contributed by atoms with Gasteiger partial charge in [-0.05, 0) is 60.2 Å². The molecule has 2 aromatic heterocycles. The highest BCUT2D eigenvalue weighted by Gasteiger charge is 2.22. The van der Waals surface area contributed by atoms with Gasteiger partial charge in [0.15, 0.2) is 5.69 Å². The first kappa shape index (κ1) is 23.3. The molecule has 9 nitrogen and oxygen atoms in total. The maximum atomic E-state index is 13.1. The molecule has 0 spiro atoms. The Balaban J connectivity index is 1.33. The van der Waals surface area contributed by atoms with Crippen LogP contribution in [-0.2, 0) is 6.54 Å². The molecule has 2 heterocycles. The van der Waals surface area contributed by atoms with Crippen LogP contribution >= 0.6 is 0 Å². The summed E-state index contributed by atoms with van der Waals surface area (Å²) in [5.74, 6) is 1.16. The molecular weight excluding hydrogens is 458 g/mol. The van der Waals surface area contributed by atoms with E-state index < -0.39 is 0 Å². The summed E-state index contributed by atoms with van der Waals surface area (Å²) >= 11 is 0. The van der Waals surface area contributed by atoms with Crippen LogP contribution in [0.2, 0.25) is 0 Å². The number of carbonyl (C=O) groups is 2. The highest BCUT2D eigenvalue weighted by Crippen LogP contribution is 2.30.